The number of nitrogens with zero attached hydrogens (tertiary/aromatic N) is 1. The average molecular weight is 517 g/mol. The third kappa shape index (κ3) is 13.0. The molecule has 130 valence electrons. The van der Waals surface area contributed by atoms with E-state index < -0.39 is 5.60 Å². The van der Waals surface area contributed by atoms with Crippen molar-refractivity contribution in [3.63, 3.8) is 0 Å². The molecule has 1 heterocycles. The van der Waals surface area contributed by atoms with Crippen LogP contribution in [0.2, 0.25) is 0 Å². The molecule has 0 aliphatic carbocycles. The normalized spacial score (nSPS) is 15.9. The maximum Gasteiger partial charge on any atom is 1.00 e. The zero-order valence-electron chi connectivity index (χ0n) is 14.2. The molecule has 0 aromatic heterocycles. The summed E-state index contributed by atoms with van der Waals surface area (Å²) in [6.45, 7) is 14.0. The van der Waals surface area contributed by atoms with Crippen LogP contribution in [0.4, 0.5) is 4.79 Å². The van der Waals surface area contributed by atoms with Gasteiger partial charge in [0.15, 0.2) is 0 Å². The zero-order valence-corrected chi connectivity index (χ0v) is 18.1. The van der Waals surface area contributed by atoms with E-state index >= 15 is 0 Å². The van der Waals surface area contributed by atoms with Crippen molar-refractivity contribution in [2.24, 2.45) is 0 Å². The Labute approximate surface area is 153 Å². The van der Waals surface area contributed by atoms with E-state index in [9.17, 15) is 4.79 Å². The van der Waals surface area contributed by atoms with Gasteiger partial charge in [0.2, 0.25) is 0 Å². The summed E-state index contributed by atoms with van der Waals surface area (Å²) in [5.74, 6) is 0. The number of piperidine rings is 1. The van der Waals surface area contributed by atoms with Crippen LogP contribution in [-0.2, 0) is 39.7 Å². The number of amides is 1. The molecule has 0 aromatic carbocycles. The summed E-state index contributed by atoms with van der Waals surface area (Å²) in [6, 6.07) is 0. The Morgan fingerprint density at radius 3 is 1.95 bits per heavy atom. The Morgan fingerprint density at radius 2 is 1.67 bits per heavy atom. The molecule has 0 unspecified atom stereocenters. The Kier molecular flexibility index (Phi) is 14.0. The molecule has 0 aromatic rings. The summed E-state index contributed by atoms with van der Waals surface area (Å²) < 4.78 is 5.27. The van der Waals surface area contributed by atoms with Gasteiger partial charge in [-0.25, -0.2) is 4.79 Å². The van der Waals surface area contributed by atoms with Gasteiger partial charge in [-0.05, 0) is 39.8 Å². The maximum atomic E-state index is 11.6. The quantitative estimate of drug-likeness (QED) is 0.314. The van der Waals surface area contributed by atoms with Gasteiger partial charge in [0, 0.05) is 13.1 Å². The molecule has 1 aliphatic heterocycles. The molecule has 6 heteroatoms. The van der Waals surface area contributed by atoms with Gasteiger partial charge in [0.1, 0.15) is 5.60 Å². The van der Waals surface area contributed by atoms with Crippen LogP contribution in [0.1, 0.15) is 47.5 Å². The first kappa shape index (κ1) is 24.0. The van der Waals surface area contributed by atoms with E-state index in [0.717, 1.165) is 25.9 Å². The van der Waals surface area contributed by atoms with Crippen molar-refractivity contribution in [2.75, 3.05) is 32.1 Å². The van der Waals surface area contributed by atoms with Crippen LogP contribution in [-0.4, -0.2) is 53.9 Å². The van der Waals surface area contributed by atoms with Gasteiger partial charge in [0.25, 0.3) is 0 Å². The van der Waals surface area contributed by atoms with Gasteiger partial charge in [-0.1, -0.05) is 26.7 Å². The van der Waals surface area contributed by atoms with Crippen molar-refractivity contribution in [1.29, 1.82) is 0 Å². The largest absolute Gasteiger partial charge is 1.00 e. The van der Waals surface area contributed by atoms with Gasteiger partial charge in [-0.2, -0.15) is 5.25 Å². The van der Waals surface area contributed by atoms with Crippen LogP contribution < -0.4 is 0 Å². The summed E-state index contributed by atoms with van der Waals surface area (Å²) in [5.41, 5.74) is -0.401. The Balaban J connectivity index is 0. The number of rotatable bonds is 2. The molecule has 0 N–H and O–H groups in total. The molecule has 0 radical (unpaired) electrons. The smallest absolute Gasteiger partial charge is 0.789 e. The molecule has 1 fully saturated rings. The molecular formula is C15H31AuNO2PS. The van der Waals surface area contributed by atoms with E-state index in [1.807, 2.05) is 20.8 Å². The maximum absolute atomic E-state index is 11.6. The molecule has 21 heavy (non-hydrogen) atoms. The molecule has 0 spiro atoms. The Morgan fingerprint density at radius 1 is 1.24 bits per heavy atom. The molecule has 0 saturated carbocycles. The topological polar surface area (TPSA) is 29.5 Å². The third-order valence-corrected chi connectivity index (χ3v) is 5.80. The number of carbonyl (C=O) groups is 1. The second-order valence-corrected chi connectivity index (χ2v) is 9.80. The molecule has 1 aliphatic rings. The van der Waals surface area contributed by atoms with Crippen LogP contribution in [0.25, 0.3) is 0 Å². The Bertz CT molecular complexity index is 275. The van der Waals surface area contributed by atoms with Crippen LogP contribution in [0.15, 0.2) is 0 Å². The molecule has 0 atom stereocenters. The average Bonchev–Trinajstić information content (AvgIpc) is 2.37. The van der Waals surface area contributed by atoms with Crippen molar-refractivity contribution in [3.8, 4) is 0 Å². The van der Waals surface area contributed by atoms with E-state index in [2.05, 4.69) is 20.5 Å². The van der Waals surface area contributed by atoms with Gasteiger partial charge in [-0.15, -0.1) is 7.92 Å². The molecule has 1 saturated heterocycles. The predicted octanol–water partition coefficient (Wildman–Crippen LogP) is 4.07. The molecular weight excluding hydrogens is 486 g/mol. The number of carbonyl (C=O) groups excluding carboxylic acids is 1. The van der Waals surface area contributed by atoms with Gasteiger partial charge in [-0.3, -0.25) is 0 Å². The minimum atomic E-state index is -0.401. The van der Waals surface area contributed by atoms with Crippen molar-refractivity contribution >= 4 is 26.6 Å². The van der Waals surface area contributed by atoms with E-state index in [1.165, 1.54) is 12.3 Å². The van der Waals surface area contributed by atoms with Crippen molar-refractivity contribution in [2.45, 2.75) is 58.3 Å². The fourth-order valence-corrected chi connectivity index (χ4v) is 2.25. The molecule has 1 amide bonds. The van der Waals surface area contributed by atoms with Crippen molar-refractivity contribution < 1.29 is 31.9 Å². The van der Waals surface area contributed by atoms with Crippen LogP contribution in [0.3, 0.4) is 0 Å². The summed E-state index contributed by atoms with van der Waals surface area (Å²) in [7, 11) is 0.424. The number of hydrogen-bond donors (Lipinski definition) is 0. The second kappa shape index (κ2) is 12.2. The van der Waals surface area contributed by atoms with Crippen LogP contribution in [0, 0.1) is 0 Å². The summed E-state index contributed by atoms with van der Waals surface area (Å²) >= 11 is 5.16. The first-order chi connectivity index (χ1) is 9.19. The molecule has 0 bridgehead atoms. The standard InChI is InChI=1S/C10H19NO2S.C5H13P.Au/c1-10(2,3)13-9(12)11-6-4-8(14)5-7-11;1-4-6(3)5-2;/h8,14H,4-7H2,1-3H3;4-5H2,1-3H3;/q;;+1/p-1. The van der Waals surface area contributed by atoms with Gasteiger partial charge >= 0.3 is 28.5 Å². The summed E-state index contributed by atoms with van der Waals surface area (Å²) in [5, 5.41) is 0.327. The molecule has 3 nitrogen and oxygen atoms in total. The number of ether oxygens (including phenoxy) is 1. The zero-order chi connectivity index (χ0) is 15.8. The predicted molar refractivity (Wildman–Crippen MR) is 92.1 cm³/mol. The Hall–Kier alpha value is 0.790. The first-order valence-electron chi connectivity index (χ1n) is 7.51. The van der Waals surface area contributed by atoms with Crippen LogP contribution in [0.5, 0.6) is 0 Å². The first-order valence-corrected chi connectivity index (χ1v) is 10.1. The van der Waals surface area contributed by atoms with E-state index in [0.29, 0.717) is 13.2 Å². The van der Waals surface area contributed by atoms with Crippen LogP contribution >= 0.6 is 7.92 Å². The summed E-state index contributed by atoms with van der Waals surface area (Å²) in [6.07, 6.45) is 4.40. The number of likely N-dealkylation sites (tertiary alicyclic amines) is 1. The fraction of sp³-hybridized carbons (Fsp3) is 0.933. The number of hydrogen-bond acceptors (Lipinski definition) is 3. The molecule has 1 rings (SSSR count). The fourth-order valence-electron chi connectivity index (χ4n) is 1.59. The minimum absolute atomic E-state index is 0. The van der Waals surface area contributed by atoms with Gasteiger partial charge < -0.3 is 22.3 Å². The SMILES string of the molecule is CC(C)(C)OC(=O)N1CCC([S-])CC1.CCP(C)CC.[Au+]. The summed E-state index contributed by atoms with van der Waals surface area (Å²) in [4.78, 5) is 13.3. The third-order valence-electron chi connectivity index (χ3n) is 3.17. The monoisotopic (exact) mass is 517 g/mol. The van der Waals surface area contributed by atoms with Crippen molar-refractivity contribution in [1.82, 2.24) is 4.90 Å². The minimum Gasteiger partial charge on any atom is -0.789 e. The van der Waals surface area contributed by atoms with E-state index in [4.69, 9.17) is 17.4 Å². The van der Waals surface area contributed by atoms with Crippen molar-refractivity contribution in [3.05, 3.63) is 0 Å². The second-order valence-electron chi connectivity index (χ2n) is 6.16. The van der Waals surface area contributed by atoms with Gasteiger partial charge in [0.05, 0.1) is 0 Å². The van der Waals surface area contributed by atoms with E-state index in [1.54, 1.807) is 4.90 Å². The van der Waals surface area contributed by atoms with E-state index in [-0.39, 0.29) is 28.5 Å².